The van der Waals surface area contributed by atoms with Crippen molar-refractivity contribution in [3.63, 3.8) is 0 Å². The Kier molecular flexibility index (Phi) is 5.10. The highest BCUT2D eigenvalue weighted by atomic mass is 31.2. The van der Waals surface area contributed by atoms with Gasteiger partial charge in [-0.05, 0) is 0 Å². The van der Waals surface area contributed by atoms with E-state index in [0.29, 0.717) is 0 Å². The van der Waals surface area contributed by atoms with E-state index in [1.165, 1.54) is 60.7 Å². The molecule has 0 aliphatic carbocycles. The van der Waals surface area contributed by atoms with E-state index in [1.807, 2.05) is 0 Å². The molecule has 0 aromatic heterocycles. The number of halogens is 7. The second-order valence-electron chi connectivity index (χ2n) is 5.76. The van der Waals surface area contributed by atoms with E-state index in [4.69, 9.17) is 0 Å². The molecule has 3 aromatic rings. The fourth-order valence-electron chi connectivity index (χ4n) is 2.83. The smallest absolute Gasteiger partial charge is 0.308 e. The predicted molar refractivity (Wildman–Crippen MR) is 90.7 cm³/mol. The lowest BCUT2D eigenvalue weighted by atomic mass is 10.1. The van der Waals surface area contributed by atoms with Gasteiger partial charge in [-0.1, -0.05) is 60.7 Å². The lowest BCUT2D eigenvalue weighted by Crippen LogP contribution is -2.33. The van der Waals surface area contributed by atoms with Crippen LogP contribution in [0.3, 0.4) is 0 Å². The Morgan fingerprint density at radius 1 is 0.607 bits per heavy atom. The minimum Gasteiger partial charge on any atom is -0.308 e. The van der Waals surface area contributed by atoms with E-state index in [2.05, 4.69) is 0 Å². The maximum Gasteiger partial charge on any atom is 0.422 e. The molecule has 28 heavy (non-hydrogen) atoms. The molecule has 3 rings (SSSR count). The summed E-state index contributed by atoms with van der Waals surface area (Å²) in [5.41, 5.74) is -2.71. The van der Waals surface area contributed by atoms with Gasteiger partial charge in [0.2, 0.25) is 0 Å². The highest BCUT2D eigenvalue weighted by Gasteiger charge is 2.46. The van der Waals surface area contributed by atoms with Crippen LogP contribution in [-0.4, -0.2) is 0 Å². The van der Waals surface area contributed by atoms with Crippen LogP contribution in [0.2, 0.25) is 0 Å². The summed E-state index contributed by atoms with van der Waals surface area (Å²) in [7, 11) is -4.58. The Morgan fingerprint density at radius 2 is 0.964 bits per heavy atom. The summed E-state index contributed by atoms with van der Waals surface area (Å²) < 4.78 is 110. The van der Waals surface area contributed by atoms with Crippen LogP contribution in [0.4, 0.5) is 30.7 Å². The fourth-order valence-corrected chi connectivity index (χ4v) is 5.58. The summed E-state index contributed by atoms with van der Waals surface area (Å²) in [6, 6.07) is 13.3. The lowest BCUT2D eigenvalue weighted by molar-refractivity contribution is -0.143. The van der Waals surface area contributed by atoms with Crippen molar-refractivity contribution in [1.29, 1.82) is 0 Å². The Morgan fingerprint density at radius 3 is 1.29 bits per heavy atom. The first-order chi connectivity index (χ1) is 13.1. The van der Waals surface area contributed by atoms with Crippen molar-refractivity contribution in [3.8, 4) is 0 Å². The highest BCUT2D eigenvalue weighted by Crippen LogP contribution is 2.46. The van der Waals surface area contributed by atoms with Gasteiger partial charge in [-0.3, -0.25) is 0 Å². The standard InChI is InChI=1S/C19H10F7OP/c20-14-13(19(24,25)26)15(21)17(23)18(16(14)22)28(27,11-7-3-1-4-8-11)12-9-5-2-6-10-12/h1-10H. The number of rotatable bonds is 3. The zero-order chi connectivity index (χ0) is 20.7. The minimum absolute atomic E-state index is 0.197. The van der Waals surface area contributed by atoms with Crippen LogP contribution in [-0.2, 0) is 10.7 Å². The van der Waals surface area contributed by atoms with Gasteiger partial charge in [0.1, 0.15) is 5.56 Å². The van der Waals surface area contributed by atoms with Crippen molar-refractivity contribution in [3.05, 3.63) is 89.5 Å². The van der Waals surface area contributed by atoms with Crippen molar-refractivity contribution >= 4 is 23.1 Å². The molecule has 146 valence electrons. The number of alkyl halides is 3. The quantitative estimate of drug-likeness (QED) is 0.336. The largest absolute Gasteiger partial charge is 0.422 e. The van der Waals surface area contributed by atoms with Crippen LogP contribution >= 0.6 is 7.14 Å². The predicted octanol–water partition coefficient (Wildman–Crippen LogP) is 4.90. The van der Waals surface area contributed by atoms with E-state index in [1.54, 1.807) is 0 Å². The van der Waals surface area contributed by atoms with Crippen molar-refractivity contribution in [2.75, 3.05) is 0 Å². The maximum atomic E-state index is 14.6. The van der Waals surface area contributed by atoms with Gasteiger partial charge >= 0.3 is 6.18 Å². The molecule has 0 amide bonds. The Labute approximate surface area is 154 Å². The summed E-state index contributed by atoms with van der Waals surface area (Å²) in [4.78, 5) is 0. The molecule has 0 saturated heterocycles. The topological polar surface area (TPSA) is 17.1 Å². The molecule has 0 N–H and O–H groups in total. The average Bonchev–Trinajstić information content (AvgIpc) is 2.67. The molecule has 0 bridgehead atoms. The minimum atomic E-state index is -5.68. The second kappa shape index (κ2) is 7.09. The molecular formula is C19H10F7OP. The van der Waals surface area contributed by atoms with E-state index in [-0.39, 0.29) is 10.6 Å². The van der Waals surface area contributed by atoms with E-state index in [0.717, 1.165) is 0 Å². The van der Waals surface area contributed by atoms with Gasteiger partial charge < -0.3 is 4.57 Å². The molecule has 0 spiro atoms. The molecular weight excluding hydrogens is 408 g/mol. The monoisotopic (exact) mass is 418 g/mol. The zero-order valence-electron chi connectivity index (χ0n) is 13.8. The van der Waals surface area contributed by atoms with Crippen LogP contribution in [0.15, 0.2) is 60.7 Å². The van der Waals surface area contributed by atoms with Crippen LogP contribution < -0.4 is 15.9 Å². The fraction of sp³-hybridized carbons (Fsp3) is 0.0526. The summed E-state index contributed by atoms with van der Waals surface area (Å²) in [5, 5.41) is -1.97. The molecule has 0 aliphatic rings. The van der Waals surface area contributed by atoms with Crippen molar-refractivity contribution in [2.24, 2.45) is 0 Å². The van der Waals surface area contributed by atoms with Gasteiger partial charge in [-0.2, -0.15) is 13.2 Å². The van der Waals surface area contributed by atoms with Gasteiger partial charge in [0.05, 0.1) is 5.30 Å². The van der Waals surface area contributed by atoms with Crippen LogP contribution in [0.5, 0.6) is 0 Å². The average molecular weight is 418 g/mol. The lowest BCUT2D eigenvalue weighted by Gasteiger charge is -2.22. The Bertz CT molecular complexity index is 991. The Hall–Kier alpha value is -2.60. The first-order valence-electron chi connectivity index (χ1n) is 7.75. The molecule has 0 fully saturated rings. The van der Waals surface area contributed by atoms with Gasteiger partial charge in [0, 0.05) is 10.6 Å². The van der Waals surface area contributed by atoms with Gasteiger partial charge in [-0.15, -0.1) is 0 Å². The molecule has 1 nitrogen and oxygen atoms in total. The van der Waals surface area contributed by atoms with Crippen LogP contribution in [0.25, 0.3) is 0 Å². The summed E-state index contributed by atoms with van der Waals surface area (Å²) >= 11 is 0. The number of benzene rings is 3. The molecule has 0 unspecified atom stereocenters. The first-order valence-corrected chi connectivity index (χ1v) is 9.45. The number of hydrogen-bond donors (Lipinski definition) is 0. The van der Waals surface area contributed by atoms with Crippen molar-refractivity contribution in [1.82, 2.24) is 0 Å². The normalized spacial score (nSPS) is 12.2. The molecule has 0 aliphatic heterocycles. The van der Waals surface area contributed by atoms with Crippen molar-refractivity contribution in [2.45, 2.75) is 6.18 Å². The maximum absolute atomic E-state index is 14.6. The van der Waals surface area contributed by atoms with Gasteiger partial charge in [0.15, 0.2) is 30.4 Å². The second-order valence-corrected chi connectivity index (χ2v) is 8.46. The van der Waals surface area contributed by atoms with E-state index >= 15 is 0 Å². The third kappa shape index (κ3) is 3.11. The summed E-state index contributed by atoms with van der Waals surface area (Å²) in [6.07, 6.45) is -5.68. The van der Waals surface area contributed by atoms with Crippen LogP contribution in [0, 0.1) is 23.3 Å². The molecule has 9 heteroatoms. The highest BCUT2D eigenvalue weighted by molar-refractivity contribution is 7.85. The van der Waals surface area contributed by atoms with Crippen molar-refractivity contribution < 1.29 is 35.3 Å². The van der Waals surface area contributed by atoms with E-state index < -0.39 is 47.5 Å². The molecule has 0 atom stereocenters. The summed E-state index contributed by atoms with van der Waals surface area (Å²) in [5.74, 6) is -9.98. The van der Waals surface area contributed by atoms with Crippen LogP contribution in [0.1, 0.15) is 5.56 Å². The third-order valence-corrected chi connectivity index (χ3v) is 7.15. The molecule has 3 aromatic carbocycles. The molecule has 0 saturated carbocycles. The third-order valence-electron chi connectivity index (χ3n) is 4.08. The SMILES string of the molecule is O=P(c1ccccc1)(c1ccccc1)c1c(F)c(F)c(C(F)(F)F)c(F)c1F. The molecule has 0 radical (unpaired) electrons. The van der Waals surface area contributed by atoms with E-state index in [9.17, 15) is 35.3 Å². The molecule has 0 heterocycles. The van der Waals surface area contributed by atoms with Gasteiger partial charge in [-0.25, -0.2) is 17.6 Å². The summed E-state index contributed by atoms with van der Waals surface area (Å²) in [6.45, 7) is 0. The Balaban J connectivity index is 2.46. The first kappa shape index (κ1) is 20.1. The van der Waals surface area contributed by atoms with Gasteiger partial charge in [0.25, 0.3) is 0 Å². The number of hydrogen-bond acceptors (Lipinski definition) is 1. The zero-order valence-corrected chi connectivity index (χ0v) is 14.7.